The van der Waals surface area contributed by atoms with Crippen LogP contribution >= 0.6 is 7.82 Å². The summed E-state index contributed by atoms with van der Waals surface area (Å²) < 4.78 is 106. The molecule has 2 unspecified atom stereocenters. The molecule has 1 saturated heterocycles. The van der Waals surface area contributed by atoms with Crippen molar-refractivity contribution in [3.8, 4) is 0 Å². The molecule has 23 heteroatoms. The average molecular weight is 939 g/mol. The van der Waals surface area contributed by atoms with Crippen LogP contribution in [0.2, 0.25) is 0 Å². The SMILES string of the molecule is CC(=O)OC[C@@H](OC(C)=O)[C@@H](OC(C)=O)C1O[C@](OP(=O)(OCc2ccccc2)OCc2ccccc2)(C(=O)OCc2ccccc2)CC(OC(C)=O)[C@H]1NC(=O)CNC(=O)C(F)(F)F. The van der Waals surface area contributed by atoms with E-state index in [2.05, 4.69) is 5.32 Å². The van der Waals surface area contributed by atoms with E-state index in [1.165, 1.54) is 5.32 Å². The summed E-state index contributed by atoms with van der Waals surface area (Å²) in [7, 11) is -5.21. The second-order valence-corrected chi connectivity index (χ2v) is 15.7. The topological polar surface area (TPSA) is 244 Å². The molecule has 19 nitrogen and oxygen atoms in total. The van der Waals surface area contributed by atoms with E-state index < -0.39 is 131 Å². The molecule has 4 rings (SSSR count). The fraction of sp³-hybridized carbons (Fsp3) is 0.405. The zero-order chi connectivity index (χ0) is 47.8. The Morgan fingerprint density at radius 3 is 1.69 bits per heavy atom. The maximum atomic E-state index is 15.1. The molecular weight excluding hydrogens is 892 g/mol. The Balaban J connectivity index is 1.95. The van der Waals surface area contributed by atoms with Crippen molar-refractivity contribution >= 4 is 49.5 Å². The summed E-state index contributed by atoms with van der Waals surface area (Å²) in [6.07, 6.45) is -14.7. The van der Waals surface area contributed by atoms with E-state index in [0.717, 1.165) is 27.7 Å². The van der Waals surface area contributed by atoms with Gasteiger partial charge in [-0.3, -0.25) is 37.8 Å². The molecule has 65 heavy (non-hydrogen) atoms. The van der Waals surface area contributed by atoms with Gasteiger partial charge in [0, 0.05) is 27.7 Å². The van der Waals surface area contributed by atoms with E-state index >= 15 is 4.57 Å². The minimum atomic E-state index is -5.42. The van der Waals surface area contributed by atoms with Gasteiger partial charge >= 0.3 is 49.8 Å². The molecule has 352 valence electrons. The van der Waals surface area contributed by atoms with Gasteiger partial charge in [0.15, 0.2) is 12.2 Å². The van der Waals surface area contributed by atoms with Crippen molar-refractivity contribution in [2.45, 2.75) is 96.4 Å². The molecule has 0 bridgehead atoms. The van der Waals surface area contributed by atoms with Crippen molar-refractivity contribution in [2.75, 3.05) is 13.2 Å². The van der Waals surface area contributed by atoms with Crippen LogP contribution < -0.4 is 10.6 Å². The van der Waals surface area contributed by atoms with Crippen LogP contribution in [0.25, 0.3) is 0 Å². The Kier molecular flexibility index (Phi) is 18.7. The Bertz CT molecular complexity index is 2120. The Hall–Kier alpha value is -6.19. The number of alkyl halides is 3. The highest BCUT2D eigenvalue weighted by atomic mass is 31.2. The molecule has 6 atom stereocenters. The number of rotatable bonds is 21. The van der Waals surface area contributed by atoms with Crippen molar-refractivity contribution in [1.29, 1.82) is 0 Å². The summed E-state index contributed by atoms with van der Waals surface area (Å²) in [5.74, 6) is -12.9. The summed E-state index contributed by atoms with van der Waals surface area (Å²) in [6, 6.07) is 22.5. The Labute approximate surface area is 370 Å². The number of ether oxygens (including phenoxy) is 6. The van der Waals surface area contributed by atoms with Crippen LogP contribution in [0.4, 0.5) is 13.2 Å². The summed E-state index contributed by atoms with van der Waals surface area (Å²) >= 11 is 0. The van der Waals surface area contributed by atoms with Crippen LogP contribution in [0.1, 0.15) is 50.8 Å². The fourth-order valence-corrected chi connectivity index (χ4v) is 7.51. The number of phosphoric ester groups is 1. The molecule has 1 fully saturated rings. The second kappa shape index (κ2) is 23.7. The van der Waals surface area contributed by atoms with Crippen molar-refractivity contribution < 1.29 is 93.3 Å². The maximum Gasteiger partial charge on any atom is 0.478 e. The molecule has 0 aliphatic carbocycles. The first-order valence-electron chi connectivity index (χ1n) is 19.5. The number of benzene rings is 3. The van der Waals surface area contributed by atoms with Crippen LogP contribution in [0.3, 0.4) is 0 Å². The Morgan fingerprint density at radius 1 is 0.723 bits per heavy atom. The molecule has 2 amide bonds. The largest absolute Gasteiger partial charge is 0.478 e. The summed E-state index contributed by atoms with van der Waals surface area (Å²) in [5, 5.41) is 3.62. The van der Waals surface area contributed by atoms with Crippen molar-refractivity contribution in [3.63, 3.8) is 0 Å². The number of halogens is 3. The van der Waals surface area contributed by atoms with Gasteiger partial charge in [-0.05, 0) is 16.7 Å². The smallest absolute Gasteiger partial charge is 0.462 e. The van der Waals surface area contributed by atoms with Gasteiger partial charge in [-0.15, -0.1) is 0 Å². The monoisotopic (exact) mass is 938 g/mol. The standard InChI is InChI=1S/C42H46F3N2O17P/c1-26(48)56-25-34(61-28(3)50)37(62-29(4)51)38-36(47-35(52)21-46-39(53)42(43,44)45)33(60-27(2)49)20-41(63-38,40(54)57-22-30-14-8-5-9-15-30)64-65(55,58-23-31-16-10-6-11-17-31)59-24-32-18-12-7-13-19-32/h5-19,33-34,36-38H,20-25H2,1-4H3,(H,46,53)(H,47,52)/t33?,34-,36-,37-,38?,41-/m1/s1. The molecule has 1 heterocycles. The molecule has 0 saturated carbocycles. The molecule has 1 aliphatic heterocycles. The Morgan fingerprint density at radius 2 is 1.23 bits per heavy atom. The third-order valence-electron chi connectivity index (χ3n) is 8.87. The number of hydrogen-bond acceptors (Lipinski definition) is 17. The zero-order valence-electron chi connectivity index (χ0n) is 35.3. The molecule has 0 aromatic heterocycles. The predicted molar refractivity (Wildman–Crippen MR) is 214 cm³/mol. The summed E-state index contributed by atoms with van der Waals surface area (Å²) in [4.78, 5) is 90.0. The van der Waals surface area contributed by atoms with E-state index in [1.54, 1.807) is 91.0 Å². The summed E-state index contributed by atoms with van der Waals surface area (Å²) in [5.41, 5.74) is 1.28. The number of carbonyl (C=O) groups is 7. The van der Waals surface area contributed by atoms with Crippen LogP contribution in [-0.4, -0.2) is 97.2 Å². The number of hydrogen-bond donors (Lipinski definition) is 2. The minimum absolute atomic E-state index is 0.406. The lowest BCUT2D eigenvalue weighted by Crippen LogP contribution is -2.69. The highest BCUT2D eigenvalue weighted by Gasteiger charge is 2.62. The quantitative estimate of drug-likeness (QED) is 0.0859. The molecule has 0 radical (unpaired) electrons. The number of phosphoric acid groups is 1. The first-order valence-corrected chi connectivity index (χ1v) is 21.0. The van der Waals surface area contributed by atoms with Crippen molar-refractivity contribution in [2.24, 2.45) is 0 Å². The average Bonchev–Trinajstić information content (AvgIpc) is 3.25. The van der Waals surface area contributed by atoms with Crippen LogP contribution in [-0.2, 0) is 99.9 Å². The number of esters is 5. The van der Waals surface area contributed by atoms with E-state index in [-0.39, 0.29) is 0 Å². The lowest BCUT2D eigenvalue weighted by Gasteiger charge is -2.48. The van der Waals surface area contributed by atoms with Crippen LogP contribution in [0, 0.1) is 0 Å². The molecule has 2 N–H and O–H groups in total. The second-order valence-electron chi connectivity index (χ2n) is 14.1. The maximum absolute atomic E-state index is 15.1. The molecular formula is C42H46F3N2O17P. The minimum Gasteiger partial charge on any atom is -0.462 e. The predicted octanol–water partition coefficient (Wildman–Crippen LogP) is 4.29. The van der Waals surface area contributed by atoms with Gasteiger partial charge in [0.25, 0.3) is 5.79 Å². The van der Waals surface area contributed by atoms with Gasteiger partial charge in [-0.1, -0.05) is 91.0 Å². The molecule has 3 aromatic rings. The highest BCUT2D eigenvalue weighted by Crippen LogP contribution is 2.57. The van der Waals surface area contributed by atoms with Gasteiger partial charge in [-0.25, -0.2) is 13.9 Å². The third kappa shape index (κ3) is 16.4. The van der Waals surface area contributed by atoms with E-state index in [0.29, 0.717) is 16.7 Å². The van der Waals surface area contributed by atoms with E-state index in [9.17, 15) is 46.7 Å². The van der Waals surface area contributed by atoms with Gasteiger partial charge in [-0.2, -0.15) is 13.2 Å². The first-order chi connectivity index (χ1) is 30.7. The fourth-order valence-electron chi connectivity index (χ4n) is 6.16. The van der Waals surface area contributed by atoms with Gasteiger partial charge in [0.1, 0.15) is 25.4 Å². The number of nitrogens with one attached hydrogen (secondary N) is 2. The van der Waals surface area contributed by atoms with Crippen molar-refractivity contribution in [1.82, 2.24) is 10.6 Å². The summed E-state index contributed by atoms with van der Waals surface area (Å²) in [6.45, 7) is -0.0713. The molecule has 3 aromatic carbocycles. The van der Waals surface area contributed by atoms with Gasteiger partial charge in [0.2, 0.25) is 5.91 Å². The normalized spacial score (nSPS) is 19.3. The number of carbonyl (C=O) groups excluding carboxylic acids is 7. The zero-order valence-corrected chi connectivity index (χ0v) is 36.2. The van der Waals surface area contributed by atoms with E-state index in [4.69, 9.17) is 42.0 Å². The van der Waals surface area contributed by atoms with Gasteiger partial charge < -0.3 is 39.1 Å². The lowest BCUT2D eigenvalue weighted by atomic mass is 9.88. The molecule has 0 spiro atoms. The highest BCUT2D eigenvalue weighted by molar-refractivity contribution is 7.48. The molecule has 1 aliphatic rings. The van der Waals surface area contributed by atoms with E-state index in [1.807, 2.05) is 0 Å². The third-order valence-corrected chi connectivity index (χ3v) is 10.3. The number of amides is 2. The van der Waals surface area contributed by atoms with Crippen LogP contribution in [0.15, 0.2) is 91.0 Å². The lowest BCUT2D eigenvalue weighted by molar-refractivity contribution is -0.295. The van der Waals surface area contributed by atoms with Gasteiger partial charge in [0.05, 0.1) is 32.2 Å². The van der Waals surface area contributed by atoms with Crippen molar-refractivity contribution in [3.05, 3.63) is 108 Å². The van der Waals surface area contributed by atoms with Crippen LogP contribution in [0.5, 0.6) is 0 Å². The first kappa shape index (κ1) is 51.4.